The number of nitrogens with one attached hydrogen (secondary N) is 1. The first-order valence-electron chi connectivity index (χ1n) is 9.36. The van der Waals surface area contributed by atoms with Gasteiger partial charge in [0, 0.05) is 25.2 Å². The summed E-state index contributed by atoms with van der Waals surface area (Å²) in [6, 6.07) is 12.5. The van der Waals surface area contributed by atoms with Crippen LogP contribution in [-0.4, -0.2) is 43.5 Å². The van der Waals surface area contributed by atoms with Crippen LogP contribution >= 0.6 is 0 Å². The molecule has 3 rings (SSSR count). The van der Waals surface area contributed by atoms with Gasteiger partial charge in [0.05, 0.1) is 19.3 Å². The fourth-order valence-corrected chi connectivity index (χ4v) is 3.15. The fourth-order valence-electron chi connectivity index (χ4n) is 3.15. The van der Waals surface area contributed by atoms with Gasteiger partial charge < -0.3 is 14.8 Å². The van der Waals surface area contributed by atoms with E-state index in [1.54, 1.807) is 13.0 Å². The van der Waals surface area contributed by atoms with Crippen molar-refractivity contribution in [1.29, 1.82) is 0 Å². The van der Waals surface area contributed by atoms with Gasteiger partial charge in [-0.25, -0.2) is 0 Å². The monoisotopic (exact) mass is 408 g/mol. The number of carbonyl (C=O) groups is 1. The third kappa shape index (κ3) is 6.47. The molecule has 1 saturated heterocycles. The molecule has 1 heterocycles. The molecule has 1 atom stereocenters. The molecule has 2 aromatic carbocycles. The van der Waals surface area contributed by atoms with Crippen molar-refractivity contribution in [1.82, 2.24) is 10.2 Å². The number of hydrogen-bond donors (Lipinski definition) is 1. The summed E-state index contributed by atoms with van der Waals surface area (Å²) in [7, 11) is 0. The van der Waals surface area contributed by atoms with Gasteiger partial charge in [-0.3, -0.25) is 9.69 Å². The van der Waals surface area contributed by atoms with E-state index in [0.717, 1.165) is 25.2 Å². The molecule has 1 fully saturated rings. The number of halogens is 3. The molecule has 0 radical (unpaired) electrons. The minimum atomic E-state index is -4.73. The summed E-state index contributed by atoms with van der Waals surface area (Å²) in [5.74, 6) is -0.535. The summed E-state index contributed by atoms with van der Waals surface area (Å²) < 4.78 is 46.0. The first-order chi connectivity index (χ1) is 13.8. The lowest BCUT2D eigenvalue weighted by Crippen LogP contribution is -2.35. The topological polar surface area (TPSA) is 50.8 Å². The predicted octanol–water partition coefficient (Wildman–Crippen LogP) is 3.91. The second kappa shape index (κ2) is 9.28. The van der Waals surface area contributed by atoms with Gasteiger partial charge in [0.2, 0.25) is 0 Å². The van der Waals surface area contributed by atoms with E-state index in [4.69, 9.17) is 4.74 Å². The summed E-state index contributed by atoms with van der Waals surface area (Å²) >= 11 is 0. The van der Waals surface area contributed by atoms with E-state index >= 15 is 0 Å². The predicted molar refractivity (Wildman–Crippen MR) is 102 cm³/mol. The van der Waals surface area contributed by atoms with Crippen LogP contribution in [0.4, 0.5) is 13.2 Å². The van der Waals surface area contributed by atoms with Gasteiger partial charge in [0.25, 0.3) is 5.91 Å². The normalized spacial score (nSPS) is 16.3. The van der Waals surface area contributed by atoms with Gasteiger partial charge in [0.1, 0.15) is 5.75 Å². The average molecular weight is 408 g/mol. The molecule has 0 aromatic heterocycles. The van der Waals surface area contributed by atoms with E-state index in [9.17, 15) is 18.0 Å². The Hall–Kier alpha value is -2.58. The van der Waals surface area contributed by atoms with Crippen molar-refractivity contribution in [3.63, 3.8) is 0 Å². The Kier molecular flexibility index (Phi) is 6.76. The third-order valence-electron chi connectivity index (χ3n) is 4.66. The van der Waals surface area contributed by atoms with E-state index in [-0.39, 0.29) is 17.7 Å². The summed E-state index contributed by atoms with van der Waals surface area (Å²) in [6.45, 7) is 5.67. The zero-order valence-corrected chi connectivity index (χ0v) is 16.0. The zero-order valence-electron chi connectivity index (χ0n) is 16.0. The average Bonchev–Trinajstić information content (AvgIpc) is 2.68. The molecule has 1 aliphatic heterocycles. The minimum Gasteiger partial charge on any atom is -0.406 e. The van der Waals surface area contributed by atoms with E-state index in [2.05, 4.69) is 15.0 Å². The van der Waals surface area contributed by atoms with Gasteiger partial charge in [-0.2, -0.15) is 0 Å². The second-order valence-electron chi connectivity index (χ2n) is 6.90. The smallest absolute Gasteiger partial charge is 0.406 e. The van der Waals surface area contributed by atoms with Crippen molar-refractivity contribution in [3.05, 3.63) is 65.2 Å². The Bertz CT molecular complexity index is 819. The highest BCUT2D eigenvalue weighted by Crippen LogP contribution is 2.24. The summed E-state index contributed by atoms with van der Waals surface area (Å²) in [5.41, 5.74) is 2.26. The third-order valence-corrected chi connectivity index (χ3v) is 4.66. The van der Waals surface area contributed by atoms with Gasteiger partial charge in [0.15, 0.2) is 0 Å². The lowest BCUT2D eigenvalue weighted by molar-refractivity contribution is -0.274. The SMILES string of the molecule is CC(NC(=O)c1cccc(CN2CCOCC2)c1)c1ccc(OC(F)(F)F)cc1. The zero-order chi connectivity index (χ0) is 20.9. The van der Waals surface area contributed by atoms with Crippen molar-refractivity contribution in [2.45, 2.75) is 25.9 Å². The highest BCUT2D eigenvalue weighted by Gasteiger charge is 2.31. The van der Waals surface area contributed by atoms with Crippen LogP contribution in [0.25, 0.3) is 0 Å². The summed E-state index contributed by atoms with van der Waals surface area (Å²) in [6.07, 6.45) is -4.73. The number of hydrogen-bond acceptors (Lipinski definition) is 4. The van der Waals surface area contributed by atoms with Gasteiger partial charge >= 0.3 is 6.36 Å². The molecule has 5 nitrogen and oxygen atoms in total. The fraction of sp³-hybridized carbons (Fsp3) is 0.381. The molecule has 29 heavy (non-hydrogen) atoms. The minimum absolute atomic E-state index is 0.239. The van der Waals surface area contributed by atoms with Gasteiger partial charge in [-0.15, -0.1) is 13.2 Å². The molecule has 156 valence electrons. The van der Waals surface area contributed by atoms with Gasteiger partial charge in [-0.1, -0.05) is 24.3 Å². The van der Waals surface area contributed by atoms with E-state index in [1.807, 2.05) is 18.2 Å². The van der Waals surface area contributed by atoms with Crippen molar-refractivity contribution < 1.29 is 27.4 Å². The molecule has 1 N–H and O–H groups in total. The highest BCUT2D eigenvalue weighted by atomic mass is 19.4. The number of ether oxygens (including phenoxy) is 2. The number of amides is 1. The van der Waals surface area contributed by atoms with Crippen LogP contribution < -0.4 is 10.1 Å². The number of alkyl halides is 3. The van der Waals surface area contributed by atoms with Crippen LogP contribution in [0.1, 0.15) is 34.5 Å². The number of nitrogens with zero attached hydrogens (tertiary/aromatic N) is 1. The molecule has 1 unspecified atom stereocenters. The molecule has 0 saturated carbocycles. The van der Waals surface area contributed by atoms with Crippen LogP contribution in [0.3, 0.4) is 0 Å². The molecule has 0 bridgehead atoms. The van der Waals surface area contributed by atoms with Crippen molar-refractivity contribution in [2.24, 2.45) is 0 Å². The Morgan fingerprint density at radius 2 is 1.86 bits per heavy atom. The molecule has 0 spiro atoms. The highest BCUT2D eigenvalue weighted by molar-refractivity contribution is 5.94. The molecule has 0 aliphatic carbocycles. The van der Waals surface area contributed by atoms with Crippen LogP contribution in [0, 0.1) is 0 Å². The number of morpholine rings is 1. The Morgan fingerprint density at radius 3 is 2.52 bits per heavy atom. The standard InChI is InChI=1S/C21H23F3N2O3/c1-15(17-5-7-19(8-6-17)29-21(22,23)24)25-20(27)18-4-2-3-16(13-18)14-26-9-11-28-12-10-26/h2-8,13,15H,9-12,14H2,1H3,(H,25,27). The van der Waals surface area contributed by atoms with E-state index < -0.39 is 6.36 Å². The largest absolute Gasteiger partial charge is 0.573 e. The van der Waals surface area contributed by atoms with E-state index in [0.29, 0.717) is 24.3 Å². The van der Waals surface area contributed by atoms with Crippen molar-refractivity contribution in [2.75, 3.05) is 26.3 Å². The van der Waals surface area contributed by atoms with Crippen molar-refractivity contribution >= 4 is 5.91 Å². The second-order valence-corrected chi connectivity index (χ2v) is 6.90. The van der Waals surface area contributed by atoms with Crippen LogP contribution in [0.15, 0.2) is 48.5 Å². The lowest BCUT2D eigenvalue weighted by atomic mass is 10.1. The molecular weight excluding hydrogens is 385 g/mol. The number of carbonyl (C=O) groups excluding carboxylic acids is 1. The molecule has 8 heteroatoms. The maximum Gasteiger partial charge on any atom is 0.573 e. The molecule has 1 aliphatic rings. The quantitative estimate of drug-likeness (QED) is 0.788. The van der Waals surface area contributed by atoms with Gasteiger partial charge in [-0.05, 0) is 42.3 Å². The Morgan fingerprint density at radius 1 is 1.17 bits per heavy atom. The molecular formula is C21H23F3N2O3. The Balaban J connectivity index is 1.59. The number of benzene rings is 2. The maximum absolute atomic E-state index is 12.6. The maximum atomic E-state index is 12.6. The lowest BCUT2D eigenvalue weighted by Gasteiger charge is -2.26. The first-order valence-corrected chi connectivity index (χ1v) is 9.36. The molecule has 2 aromatic rings. The van der Waals surface area contributed by atoms with Crippen LogP contribution in [-0.2, 0) is 11.3 Å². The number of rotatable bonds is 6. The summed E-state index contributed by atoms with van der Waals surface area (Å²) in [4.78, 5) is 14.9. The van der Waals surface area contributed by atoms with Crippen LogP contribution in [0.5, 0.6) is 5.75 Å². The first kappa shape index (κ1) is 21.1. The van der Waals surface area contributed by atoms with Crippen LogP contribution in [0.2, 0.25) is 0 Å². The Labute approximate surface area is 167 Å². The van der Waals surface area contributed by atoms with Crippen molar-refractivity contribution in [3.8, 4) is 5.75 Å². The summed E-state index contributed by atoms with van der Waals surface area (Å²) in [5, 5.41) is 2.88. The van der Waals surface area contributed by atoms with E-state index in [1.165, 1.54) is 24.3 Å². The molecule has 1 amide bonds.